The van der Waals surface area contributed by atoms with E-state index in [1.54, 1.807) is 0 Å². The molecule has 6 nitrogen and oxygen atoms in total. The van der Waals surface area contributed by atoms with E-state index in [9.17, 15) is 14.4 Å². The van der Waals surface area contributed by atoms with Gasteiger partial charge >= 0.3 is 5.97 Å². The van der Waals surface area contributed by atoms with Crippen molar-refractivity contribution in [3.8, 4) is 0 Å². The maximum absolute atomic E-state index is 11.5. The van der Waals surface area contributed by atoms with Crippen LogP contribution >= 0.6 is 0 Å². The highest BCUT2D eigenvalue weighted by Crippen LogP contribution is 2.38. The molecule has 0 bridgehead atoms. The van der Waals surface area contributed by atoms with Crippen molar-refractivity contribution in [1.29, 1.82) is 0 Å². The molecule has 2 rings (SSSR count). The minimum absolute atomic E-state index is 0.00141. The minimum Gasteiger partial charge on any atom is -0.481 e. The van der Waals surface area contributed by atoms with Gasteiger partial charge in [0, 0.05) is 19.0 Å². The maximum Gasteiger partial charge on any atom is 0.307 e. The van der Waals surface area contributed by atoms with Gasteiger partial charge in [-0.3, -0.25) is 14.4 Å². The third kappa shape index (κ3) is 2.32. The van der Waals surface area contributed by atoms with Gasteiger partial charge in [0.25, 0.3) is 0 Å². The second-order valence-electron chi connectivity index (χ2n) is 4.34. The standard InChI is InChI=1S/C10H14N2O4/c13-8-2-1-5(12-8)4-11-9(14)6-3-7(6)10(15)16/h5-7H,1-4H2,(H,11,14)(H,12,13)(H,15,16)/t5?,6-,7+/m1/s1. The third-order valence-electron chi connectivity index (χ3n) is 3.05. The fraction of sp³-hybridized carbons (Fsp3) is 0.700. The Morgan fingerprint density at radius 3 is 2.69 bits per heavy atom. The molecule has 2 aliphatic rings. The van der Waals surface area contributed by atoms with Crippen LogP contribution in [0.4, 0.5) is 0 Å². The average Bonchev–Trinajstić information content (AvgIpc) is 2.93. The van der Waals surface area contributed by atoms with Gasteiger partial charge in [-0.05, 0) is 12.8 Å². The van der Waals surface area contributed by atoms with Gasteiger partial charge in [0.05, 0.1) is 11.8 Å². The van der Waals surface area contributed by atoms with Crippen LogP contribution in [0.25, 0.3) is 0 Å². The Bertz CT molecular complexity index is 342. The summed E-state index contributed by atoms with van der Waals surface area (Å²) in [5.74, 6) is -2.01. The molecule has 88 valence electrons. The van der Waals surface area contributed by atoms with Crippen LogP contribution in [0.3, 0.4) is 0 Å². The van der Waals surface area contributed by atoms with Crippen LogP contribution in [-0.4, -0.2) is 35.5 Å². The number of hydrogen-bond acceptors (Lipinski definition) is 3. The lowest BCUT2D eigenvalue weighted by molar-refractivity contribution is -0.140. The summed E-state index contributed by atoms with van der Waals surface area (Å²) in [7, 11) is 0. The van der Waals surface area contributed by atoms with Gasteiger partial charge in [-0.15, -0.1) is 0 Å². The molecule has 2 amide bonds. The van der Waals surface area contributed by atoms with Crippen LogP contribution in [0.15, 0.2) is 0 Å². The SMILES string of the molecule is O=C1CCC(CNC(=O)[C@@H]2C[C@@H]2C(=O)O)N1. The molecule has 1 heterocycles. The lowest BCUT2D eigenvalue weighted by Crippen LogP contribution is -2.39. The normalized spacial score (nSPS) is 32.0. The zero-order valence-electron chi connectivity index (χ0n) is 8.73. The number of carboxylic acid groups (broad SMARTS) is 1. The lowest BCUT2D eigenvalue weighted by atomic mass is 10.2. The van der Waals surface area contributed by atoms with E-state index < -0.39 is 11.9 Å². The third-order valence-corrected chi connectivity index (χ3v) is 3.05. The second-order valence-corrected chi connectivity index (χ2v) is 4.34. The zero-order valence-corrected chi connectivity index (χ0v) is 8.73. The number of carbonyl (C=O) groups is 3. The van der Waals surface area contributed by atoms with Gasteiger partial charge in [0.15, 0.2) is 0 Å². The van der Waals surface area contributed by atoms with Crippen molar-refractivity contribution in [3.05, 3.63) is 0 Å². The van der Waals surface area contributed by atoms with Gasteiger partial charge in [0.2, 0.25) is 11.8 Å². The molecular weight excluding hydrogens is 212 g/mol. The number of aliphatic carboxylic acids is 1. The van der Waals surface area contributed by atoms with E-state index in [2.05, 4.69) is 10.6 Å². The highest BCUT2D eigenvalue weighted by Gasteiger charge is 2.48. The molecule has 3 N–H and O–H groups in total. The molecule has 1 unspecified atom stereocenters. The Balaban J connectivity index is 1.69. The number of carboxylic acids is 1. The lowest BCUT2D eigenvalue weighted by Gasteiger charge is -2.10. The van der Waals surface area contributed by atoms with Crippen LogP contribution in [0.1, 0.15) is 19.3 Å². The number of carbonyl (C=O) groups excluding carboxylic acids is 2. The molecule has 6 heteroatoms. The zero-order chi connectivity index (χ0) is 11.7. The Labute approximate surface area is 92.4 Å². The van der Waals surface area contributed by atoms with Crippen LogP contribution in [0, 0.1) is 11.8 Å². The predicted octanol–water partition coefficient (Wildman–Crippen LogP) is -0.898. The van der Waals surface area contributed by atoms with Gasteiger partial charge < -0.3 is 15.7 Å². The topological polar surface area (TPSA) is 95.5 Å². The van der Waals surface area contributed by atoms with Crippen molar-refractivity contribution < 1.29 is 19.5 Å². The van der Waals surface area contributed by atoms with Crippen molar-refractivity contribution in [1.82, 2.24) is 10.6 Å². The molecule has 1 saturated heterocycles. The smallest absolute Gasteiger partial charge is 0.307 e. The first-order chi connectivity index (χ1) is 7.58. The van der Waals surface area contributed by atoms with Crippen LogP contribution in [-0.2, 0) is 14.4 Å². The summed E-state index contributed by atoms with van der Waals surface area (Å²) in [6.45, 7) is 0.396. The first-order valence-electron chi connectivity index (χ1n) is 5.38. The number of rotatable bonds is 4. The number of hydrogen-bond donors (Lipinski definition) is 3. The van der Waals surface area contributed by atoms with Crippen molar-refractivity contribution in [2.24, 2.45) is 11.8 Å². The maximum atomic E-state index is 11.5. The summed E-state index contributed by atoms with van der Waals surface area (Å²) in [5, 5.41) is 14.1. The molecule has 2 fully saturated rings. The molecule has 0 aromatic heterocycles. The van der Waals surface area contributed by atoms with Crippen molar-refractivity contribution in [2.75, 3.05) is 6.54 Å². The highest BCUT2D eigenvalue weighted by atomic mass is 16.4. The quantitative estimate of drug-likeness (QED) is 0.579. The fourth-order valence-corrected chi connectivity index (χ4v) is 1.94. The monoisotopic (exact) mass is 226 g/mol. The Morgan fingerprint density at radius 1 is 1.44 bits per heavy atom. The fourth-order valence-electron chi connectivity index (χ4n) is 1.94. The van der Waals surface area contributed by atoms with E-state index in [0.717, 1.165) is 6.42 Å². The summed E-state index contributed by atoms with van der Waals surface area (Å²) < 4.78 is 0. The summed E-state index contributed by atoms with van der Waals surface area (Å²) in [4.78, 5) is 32.9. The van der Waals surface area contributed by atoms with Gasteiger partial charge in [-0.25, -0.2) is 0 Å². The first kappa shape index (κ1) is 10.9. The van der Waals surface area contributed by atoms with E-state index >= 15 is 0 Å². The molecule has 1 aliphatic heterocycles. The molecule has 0 radical (unpaired) electrons. The van der Waals surface area contributed by atoms with Gasteiger partial charge in [0.1, 0.15) is 0 Å². The molecule has 1 saturated carbocycles. The highest BCUT2D eigenvalue weighted by molar-refractivity contribution is 5.89. The van der Waals surface area contributed by atoms with Crippen molar-refractivity contribution in [2.45, 2.75) is 25.3 Å². The minimum atomic E-state index is -0.908. The van der Waals surface area contributed by atoms with E-state index in [1.165, 1.54) is 0 Å². The molecule has 3 atom stereocenters. The van der Waals surface area contributed by atoms with Gasteiger partial charge in [-0.2, -0.15) is 0 Å². The molecule has 16 heavy (non-hydrogen) atoms. The first-order valence-corrected chi connectivity index (χ1v) is 5.38. The molecule has 0 spiro atoms. The second kappa shape index (κ2) is 4.11. The van der Waals surface area contributed by atoms with Crippen molar-refractivity contribution >= 4 is 17.8 Å². The van der Waals surface area contributed by atoms with Crippen molar-refractivity contribution in [3.63, 3.8) is 0 Å². The number of amides is 2. The average molecular weight is 226 g/mol. The number of nitrogens with one attached hydrogen (secondary N) is 2. The molecule has 0 aromatic carbocycles. The van der Waals surface area contributed by atoms with E-state index in [-0.39, 0.29) is 23.8 Å². The Kier molecular flexibility index (Phi) is 2.80. The van der Waals surface area contributed by atoms with E-state index in [4.69, 9.17) is 5.11 Å². The largest absolute Gasteiger partial charge is 0.481 e. The van der Waals surface area contributed by atoms with E-state index in [0.29, 0.717) is 19.4 Å². The molecular formula is C10H14N2O4. The van der Waals surface area contributed by atoms with Gasteiger partial charge in [-0.1, -0.05) is 0 Å². The molecule has 0 aromatic rings. The summed E-state index contributed by atoms with van der Waals surface area (Å²) in [6.07, 6.45) is 1.66. The summed E-state index contributed by atoms with van der Waals surface area (Å²) in [6, 6.07) is -0.00141. The van der Waals surface area contributed by atoms with Crippen LogP contribution in [0.2, 0.25) is 0 Å². The Hall–Kier alpha value is -1.59. The van der Waals surface area contributed by atoms with Crippen LogP contribution < -0.4 is 10.6 Å². The molecule has 1 aliphatic carbocycles. The summed E-state index contributed by atoms with van der Waals surface area (Å²) >= 11 is 0. The summed E-state index contributed by atoms with van der Waals surface area (Å²) in [5.41, 5.74) is 0. The van der Waals surface area contributed by atoms with Crippen LogP contribution in [0.5, 0.6) is 0 Å². The predicted molar refractivity (Wildman–Crippen MR) is 53.4 cm³/mol. The van der Waals surface area contributed by atoms with E-state index in [1.807, 2.05) is 0 Å². The Morgan fingerprint density at radius 2 is 2.19 bits per heavy atom.